The van der Waals surface area contributed by atoms with Crippen LogP contribution in [0.15, 0.2) is 35.4 Å². The maximum Gasteiger partial charge on any atom is 0.224 e. The van der Waals surface area contributed by atoms with Gasteiger partial charge in [-0.25, -0.2) is 0 Å². The lowest BCUT2D eigenvalue weighted by atomic mass is 9.75. The fourth-order valence-electron chi connectivity index (χ4n) is 3.17. The average Bonchev–Trinajstić information content (AvgIpc) is 2.47. The lowest BCUT2D eigenvalue weighted by Crippen LogP contribution is -2.30. The highest BCUT2D eigenvalue weighted by atomic mass is 35.5. The Morgan fingerprint density at radius 2 is 2.00 bits per heavy atom. The Bertz CT molecular complexity index is 612. The van der Waals surface area contributed by atoms with Gasteiger partial charge in [0.05, 0.1) is 0 Å². The molecule has 102 valence electrons. The van der Waals surface area contributed by atoms with Gasteiger partial charge in [-0.3, -0.25) is 5.41 Å². The summed E-state index contributed by atoms with van der Waals surface area (Å²) in [4.78, 5) is 0. The molecule has 0 aromatic heterocycles. The van der Waals surface area contributed by atoms with Crippen LogP contribution in [0, 0.1) is 22.7 Å². The van der Waals surface area contributed by atoms with Crippen molar-refractivity contribution in [3.8, 4) is 6.07 Å². The minimum Gasteiger partial charge on any atom is -0.468 e. The predicted octanol–water partition coefficient (Wildman–Crippen LogP) is 4.40. The van der Waals surface area contributed by atoms with Crippen molar-refractivity contribution < 1.29 is 4.74 Å². The van der Waals surface area contributed by atoms with Crippen LogP contribution in [-0.2, 0) is 4.74 Å². The van der Waals surface area contributed by atoms with Crippen LogP contribution in [0.25, 0.3) is 0 Å². The quantitative estimate of drug-likeness (QED) is 0.832. The van der Waals surface area contributed by atoms with Gasteiger partial charge in [-0.15, -0.1) is 0 Å². The zero-order valence-electron chi connectivity index (χ0n) is 11.0. The molecule has 4 heteroatoms. The molecule has 2 unspecified atom stereocenters. The van der Waals surface area contributed by atoms with Crippen molar-refractivity contribution in [1.82, 2.24) is 0 Å². The van der Waals surface area contributed by atoms with E-state index in [1.165, 1.54) is 0 Å². The molecular formula is C16H15ClN2O. The molecule has 0 amide bonds. The Morgan fingerprint density at radius 1 is 1.25 bits per heavy atom. The highest BCUT2D eigenvalue weighted by molar-refractivity contribution is 6.30. The molecule has 3 nitrogen and oxygen atoms in total. The first-order chi connectivity index (χ1) is 9.70. The van der Waals surface area contributed by atoms with E-state index in [9.17, 15) is 5.26 Å². The third-order valence-electron chi connectivity index (χ3n) is 4.13. The fraction of sp³-hybridized carbons (Fsp3) is 0.375. The minimum absolute atomic E-state index is 0.0144. The molecule has 2 atom stereocenters. The van der Waals surface area contributed by atoms with Crippen LogP contribution in [0.1, 0.15) is 37.4 Å². The summed E-state index contributed by atoms with van der Waals surface area (Å²) >= 11 is 5.93. The number of ether oxygens (including phenoxy) is 1. The van der Waals surface area contributed by atoms with Crippen LogP contribution in [-0.4, -0.2) is 5.90 Å². The third kappa shape index (κ3) is 2.21. The van der Waals surface area contributed by atoms with Gasteiger partial charge in [0.15, 0.2) is 0 Å². The molecule has 3 rings (SSSR count). The molecule has 1 heterocycles. The van der Waals surface area contributed by atoms with E-state index in [2.05, 4.69) is 6.07 Å². The molecule has 1 aromatic rings. The molecular weight excluding hydrogens is 272 g/mol. The highest BCUT2D eigenvalue weighted by Crippen LogP contribution is 2.45. The maximum atomic E-state index is 9.25. The van der Waals surface area contributed by atoms with Crippen LogP contribution in [0.3, 0.4) is 0 Å². The van der Waals surface area contributed by atoms with Gasteiger partial charge in [0.1, 0.15) is 17.7 Å². The van der Waals surface area contributed by atoms with E-state index in [-0.39, 0.29) is 17.9 Å². The number of benzene rings is 1. The molecule has 0 spiro atoms. The zero-order valence-corrected chi connectivity index (χ0v) is 11.8. The van der Waals surface area contributed by atoms with Crippen molar-refractivity contribution >= 4 is 17.5 Å². The molecule has 2 aliphatic rings. The van der Waals surface area contributed by atoms with Crippen molar-refractivity contribution in [2.24, 2.45) is 5.92 Å². The Labute approximate surface area is 123 Å². The molecule has 0 bridgehead atoms. The first-order valence-corrected chi connectivity index (χ1v) is 7.22. The van der Waals surface area contributed by atoms with Crippen molar-refractivity contribution in [3.63, 3.8) is 0 Å². The summed E-state index contributed by atoms with van der Waals surface area (Å²) in [7, 11) is 0. The van der Waals surface area contributed by atoms with Gasteiger partial charge in [-0.2, -0.15) is 5.26 Å². The number of hydrogen-bond donors (Lipinski definition) is 1. The highest BCUT2D eigenvalue weighted by Gasteiger charge is 2.38. The van der Waals surface area contributed by atoms with Crippen LogP contribution in [0.5, 0.6) is 0 Å². The van der Waals surface area contributed by atoms with Gasteiger partial charge in [0, 0.05) is 10.9 Å². The Morgan fingerprint density at radius 3 is 2.70 bits per heavy atom. The number of halogens is 1. The summed E-state index contributed by atoms with van der Waals surface area (Å²) in [6.45, 7) is 0. The van der Waals surface area contributed by atoms with E-state index in [0.717, 1.165) is 36.8 Å². The summed E-state index contributed by atoms with van der Waals surface area (Å²) in [5.41, 5.74) is 2.58. The van der Waals surface area contributed by atoms with Gasteiger partial charge in [0.2, 0.25) is 5.90 Å². The smallest absolute Gasteiger partial charge is 0.224 e. The molecule has 0 radical (unpaired) electrons. The largest absolute Gasteiger partial charge is 0.468 e. The summed E-state index contributed by atoms with van der Waals surface area (Å²) in [6.07, 6.45) is 4.00. The molecule has 0 saturated heterocycles. The number of fused-ring (bicyclic) bond motifs is 1. The van der Waals surface area contributed by atoms with Crippen LogP contribution in [0.4, 0.5) is 0 Å². The lowest BCUT2D eigenvalue weighted by molar-refractivity contribution is 0.113. The van der Waals surface area contributed by atoms with E-state index in [1.54, 1.807) is 0 Å². The molecule has 1 saturated carbocycles. The minimum atomic E-state index is -0.160. The van der Waals surface area contributed by atoms with Crippen LogP contribution < -0.4 is 0 Å². The van der Waals surface area contributed by atoms with Crippen LogP contribution in [0.2, 0.25) is 5.02 Å². The monoisotopic (exact) mass is 286 g/mol. The number of nitrogens with zero attached hydrogens (tertiary/aromatic N) is 1. The van der Waals surface area contributed by atoms with Crippen molar-refractivity contribution in [1.29, 1.82) is 10.7 Å². The lowest BCUT2D eigenvalue weighted by Gasteiger charge is -2.37. The third-order valence-corrected chi connectivity index (χ3v) is 4.38. The van der Waals surface area contributed by atoms with Crippen molar-refractivity contribution in [3.05, 3.63) is 46.0 Å². The summed E-state index contributed by atoms with van der Waals surface area (Å²) < 4.78 is 5.75. The normalized spacial score (nSPS) is 25.7. The van der Waals surface area contributed by atoms with Crippen molar-refractivity contribution in [2.75, 3.05) is 0 Å². The average molecular weight is 287 g/mol. The van der Waals surface area contributed by atoms with E-state index in [1.807, 2.05) is 24.3 Å². The summed E-state index contributed by atoms with van der Waals surface area (Å²) in [5.74, 6) is 0.231. The Kier molecular flexibility index (Phi) is 3.50. The molecule has 20 heavy (non-hydrogen) atoms. The zero-order chi connectivity index (χ0) is 14.1. The van der Waals surface area contributed by atoms with E-state index in [0.29, 0.717) is 10.6 Å². The van der Waals surface area contributed by atoms with Crippen LogP contribution >= 0.6 is 11.6 Å². The predicted molar refractivity (Wildman–Crippen MR) is 77.6 cm³/mol. The standard InChI is InChI=1S/C16H15ClN2O/c17-11-7-5-10(6-8-11)15-13-4-2-1-3-12(13)14(9-18)16(19)20-15/h5-8,13,15,19H,1-4H2. The first-order valence-electron chi connectivity index (χ1n) is 6.85. The maximum absolute atomic E-state index is 9.25. The summed E-state index contributed by atoms with van der Waals surface area (Å²) in [6, 6.07) is 9.73. The first kappa shape index (κ1) is 13.2. The number of nitriles is 1. The number of hydrogen-bond acceptors (Lipinski definition) is 3. The topological polar surface area (TPSA) is 56.9 Å². The second-order valence-corrected chi connectivity index (χ2v) is 5.72. The van der Waals surface area contributed by atoms with Crippen molar-refractivity contribution in [2.45, 2.75) is 31.8 Å². The van der Waals surface area contributed by atoms with Gasteiger partial charge >= 0.3 is 0 Å². The Hall–Kier alpha value is -1.79. The van der Waals surface area contributed by atoms with Gasteiger partial charge in [0.25, 0.3) is 0 Å². The van der Waals surface area contributed by atoms with Gasteiger partial charge in [-0.05, 0) is 42.5 Å². The summed E-state index contributed by atoms with van der Waals surface area (Å²) in [5, 5.41) is 17.9. The number of rotatable bonds is 1. The SMILES string of the molecule is N#CC1=C2CCCCC2C(c2ccc(Cl)cc2)OC1=N. The molecule has 1 aliphatic carbocycles. The number of nitrogens with one attached hydrogen (secondary N) is 1. The van der Waals surface area contributed by atoms with E-state index in [4.69, 9.17) is 21.7 Å². The molecule has 1 aliphatic heterocycles. The van der Waals surface area contributed by atoms with E-state index >= 15 is 0 Å². The molecule has 1 aromatic carbocycles. The second-order valence-electron chi connectivity index (χ2n) is 5.28. The van der Waals surface area contributed by atoms with E-state index < -0.39 is 0 Å². The Balaban J connectivity index is 2.02. The van der Waals surface area contributed by atoms with Gasteiger partial charge in [-0.1, -0.05) is 30.2 Å². The van der Waals surface area contributed by atoms with Gasteiger partial charge < -0.3 is 4.74 Å². The molecule has 1 N–H and O–H groups in total. The molecule has 1 fully saturated rings. The fourth-order valence-corrected chi connectivity index (χ4v) is 3.30. The second kappa shape index (κ2) is 5.30.